The third kappa shape index (κ3) is 3.80. The van der Waals surface area contributed by atoms with Crippen molar-refractivity contribution in [1.29, 1.82) is 0 Å². The average Bonchev–Trinajstić information content (AvgIpc) is 2.54. The summed E-state index contributed by atoms with van der Waals surface area (Å²) in [5, 5.41) is 29.5. The van der Waals surface area contributed by atoms with E-state index in [0.29, 0.717) is 24.8 Å². The summed E-state index contributed by atoms with van der Waals surface area (Å²) in [7, 11) is 0. The molecule has 0 bridgehead atoms. The summed E-state index contributed by atoms with van der Waals surface area (Å²) in [6.07, 6.45) is 4.22. The van der Waals surface area contributed by atoms with E-state index in [1.54, 1.807) is 19.9 Å². The van der Waals surface area contributed by atoms with Gasteiger partial charge < -0.3 is 15.3 Å². The van der Waals surface area contributed by atoms with E-state index < -0.39 is 17.2 Å². The molecule has 0 aliphatic heterocycles. The molecule has 1 unspecified atom stereocenters. The first-order valence-electron chi connectivity index (χ1n) is 6.93. The molecule has 3 N–H and O–H groups in total. The zero-order chi connectivity index (χ0) is 14.8. The van der Waals surface area contributed by atoms with Gasteiger partial charge in [-0.05, 0) is 58.3 Å². The highest BCUT2D eigenvalue weighted by Gasteiger charge is 2.47. The topological polar surface area (TPSA) is 77.8 Å². The molecule has 0 aromatic rings. The van der Waals surface area contributed by atoms with Crippen molar-refractivity contribution in [3.63, 3.8) is 0 Å². The number of carboxylic acid groups (broad SMARTS) is 1. The number of hydrogen-bond acceptors (Lipinski definition) is 3. The largest absolute Gasteiger partial charge is 0.478 e. The number of allylic oxidation sites excluding steroid dienone is 1. The van der Waals surface area contributed by atoms with Gasteiger partial charge in [0.2, 0.25) is 0 Å². The van der Waals surface area contributed by atoms with Crippen LogP contribution in [0.2, 0.25) is 0 Å². The molecule has 1 saturated carbocycles. The van der Waals surface area contributed by atoms with Crippen molar-refractivity contribution in [1.82, 2.24) is 0 Å². The first-order chi connectivity index (χ1) is 8.58. The normalized spacial score (nSPS) is 35.2. The van der Waals surface area contributed by atoms with Crippen molar-refractivity contribution in [2.24, 2.45) is 11.8 Å². The highest BCUT2D eigenvalue weighted by molar-refractivity contribution is 5.85. The molecule has 1 aliphatic rings. The van der Waals surface area contributed by atoms with Gasteiger partial charge in [0.25, 0.3) is 0 Å². The molecule has 4 atom stereocenters. The van der Waals surface area contributed by atoms with E-state index in [2.05, 4.69) is 0 Å². The number of aliphatic hydroxyl groups is 2. The zero-order valence-electron chi connectivity index (χ0n) is 12.3. The van der Waals surface area contributed by atoms with Crippen molar-refractivity contribution in [3.8, 4) is 0 Å². The lowest BCUT2D eigenvalue weighted by Gasteiger charge is -2.35. The molecule has 0 spiro atoms. The minimum absolute atomic E-state index is 0.0482. The van der Waals surface area contributed by atoms with Gasteiger partial charge >= 0.3 is 5.97 Å². The molecule has 0 heterocycles. The van der Waals surface area contributed by atoms with Crippen LogP contribution < -0.4 is 0 Å². The smallest absolute Gasteiger partial charge is 0.330 e. The Morgan fingerprint density at radius 1 is 1.53 bits per heavy atom. The molecule has 0 amide bonds. The minimum Gasteiger partial charge on any atom is -0.478 e. The molecule has 4 heteroatoms. The van der Waals surface area contributed by atoms with E-state index >= 15 is 0 Å². The molecule has 0 aromatic heterocycles. The second-order valence-corrected chi connectivity index (χ2v) is 6.38. The van der Waals surface area contributed by atoms with Crippen LogP contribution >= 0.6 is 0 Å². The number of aliphatic carboxylic acids is 1. The van der Waals surface area contributed by atoms with Crippen LogP contribution in [0.1, 0.15) is 53.4 Å². The second-order valence-electron chi connectivity index (χ2n) is 6.38. The molecule has 1 fully saturated rings. The minimum atomic E-state index is -0.920. The molecule has 19 heavy (non-hydrogen) atoms. The molecule has 1 aliphatic carbocycles. The summed E-state index contributed by atoms with van der Waals surface area (Å²) in [6.45, 7) is 7.15. The van der Waals surface area contributed by atoms with Gasteiger partial charge in [0.1, 0.15) is 0 Å². The Hall–Kier alpha value is -0.870. The van der Waals surface area contributed by atoms with E-state index in [1.807, 2.05) is 13.8 Å². The zero-order valence-corrected chi connectivity index (χ0v) is 12.3. The lowest BCUT2D eigenvalue weighted by atomic mass is 9.76. The SMILES string of the molecule is CC(=CCCC(C)(O)[C@@H]1CC[C@@](C)(O)[C@H]1C)C(=O)O. The van der Waals surface area contributed by atoms with E-state index in [0.717, 1.165) is 6.42 Å². The third-order valence-corrected chi connectivity index (χ3v) is 4.78. The van der Waals surface area contributed by atoms with Crippen molar-refractivity contribution >= 4 is 5.97 Å². The highest BCUT2D eigenvalue weighted by Crippen LogP contribution is 2.46. The van der Waals surface area contributed by atoms with Gasteiger partial charge in [-0.25, -0.2) is 4.79 Å². The standard InChI is InChI=1S/C15H26O4/c1-10(13(16)17)6-5-8-15(4,19)12-7-9-14(3,18)11(12)2/h6,11-12,18-19H,5,7-9H2,1-4H3,(H,16,17)/t11-,12+,14+,15?/m0/s1. The van der Waals surface area contributed by atoms with Gasteiger partial charge in [-0.1, -0.05) is 13.0 Å². The van der Waals surface area contributed by atoms with Crippen molar-refractivity contribution in [2.75, 3.05) is 0 Å². The van der Waals surface area contributed by atoms with Crippen LogP contribution in [0, 0.1) is 11.8 Å². The van der Waals surface area contributed by atoms with Crippen molar-refractivity contribution in [3.05, 3.63) is 11.6 Å². The maximum absolute atomic E-state index is 10.7. The maximum Gasteiger partial charge on any atom is 0.330 e. The quantitative estimate of drug-likeness (QED) is 0.670. The van der Waals surface area contributed by atoms with Crippen molar-refractivity contribution < 1.29 is 20.1 Å². The number of carbonyl (C=O) groups is 1. The monoisotopic (exact) mass is 270 g/mol. The summed E-state index contributed by atoms with van der Waals surface area (Å²) in [4.78, 5) is 10.7. The van der Waals surface area contributed by atoms with E-state index in [-0.39, 0.29) is 11.8 Å². The van der Waals surface area contributed by atoms with Crippen LogP contribution in [0.5, 0.6) is 0 Å². The Kier molecular flexibility index (Phi) is 4.80. The van der Waals surface area contributed by atoms with Crippen LogP contribution in [0.4, 0.5) is 0 Å². The Labute approximate surface area is 115 Å². The van der Waals surface area contributed by atoms with Gasteiger partial charge in [-0.2, -0.15) is 0 Å². The molecule has 110 valence electrons. The third-order valence-electron chi connectivity index (χ3n) is 4.78. The number of rotatable bonds is 5. The Bertz CT molecular complexity index is 368. The molecular weight excluding hydrogens is 244 g/mol. The van der Waals surface area contributed by atoms with Gasteiger partial charge in [0.05, 0.1) is 11.2 Å². The molecule has 0 radical (unpaired) electrons. The first kappa shape index (κ1) is 16.2. The molecular formula is C15H26O4. The van der Waals surface area contributed by atoms with E-state index in [4.69, 9.17) is 5.11 Å². The second kappa shape index (κ2) is 5.63. The summed E-state index contributed by atoms with van der Waals surface area (Å²) < 4.78 is 0. The van der Waals surface area contributed by atoms with Crippen LogP contribution in [0.15, 0.2) is 11.6 Å². The summed E-state index contributed by atoms with van der Waals surface area (Å²) in [5.41, 5.74) is -1.27. The van der Waals surface area contributed by atoms with Crippen LogP contribution in [-0.4, -0.2) is 32.5 Å². The fraction of sp³-hybridized carbons (Fsp3) is 0.800. The Morgan fingerprint density at radius 3 is 2.53 bits per heavy atom. The summed E-state index contributed by atoms with van der Waals surface area (Å²) in [6, 6.07) is 0. The predicted octanol–water partition coefficient (Wildman–Crippen LogP) is 2.35. The predicted molar refractivity (Wildman–Crippen MR) is 73.8 cm³/mol. The average molecular weight is 270 g/mol. The highest BCUT2D eigenvalue weighted by atomic mass is 16.4. The molecule has 4 nitrogen and oxygen atoms in total. The van der Waals surface area contributed by atoms with Gasteiger partial charge in [0, 0.05) is 5.57 Å². The number of carboxylic acids is 1. The maximum atomic E-state index is 10.7. The van der Waals surface area contributed by atoms with Gasteiger partial charge in [0.15, 0.2) is 0 Å². The van der Waals surface area contributed by atoms with Crippen LogP contribution in [-0.2, 0) is 4.79 Å². The van der Waals surface area contributed by atoms with E-state index in [1.165, 1.54) is 0 Å². The molecule has 0 saturated heterocycles. The Morgan fingerprint density at radius 2 is 2.11 bits per heavy atom. The first-order valence-corrected chi connectivity index (χ1v) is 6.93. The number of hydrogen-bond donors (Lipinski definition) is 3. The van der Waals surface area contributed by atoms with E-state index in [9.17, 15) is 15.0 Å². The van der Waals surface area contributed by atoms with Crippen LogP contribution in [0.3, 0.4) is 0 Å². The fourth-order valence-corrected chi connectivity index (χ4v) is 3.06. The van der Waals surface area contributed by atoms with Crippen molar-refractivity contribution in [2.45, 2.75) is 64.6 Å². The Balaban J connectivity index is 2.62. The van der Waals surface area contributed by atoms with Gasteiger partial charge in [-0.15, -0.1) is 0 Å². The van der Waals surface area contributed by atoms with Crippen LogP contribution in [0.25, 0.3) is 0 Å². The lowest BCUT2D eigenvalue weighted by Crippen LogP contribution is -2.40. The fourth-order valence-electron chi connectivity index (χ4n) is 3.06. The summed E-state index contributed by atoms with van der Waals surface area (Å²) >= 11 is 0. The molecule has 0 aromatic carbocycles. The lowest BCUT2D eigenvalue weighted by molar-refractivity contribution is -0.132. The van der Waals surface area contributed by atoms with Gasteiger partial charge in [-0.3, -0.25) is 0 Å². The molecule has 1 rings (SSSR count). The summed E-state index contributed by atoms with van der Waals surface area (Å²) in [5.74, 6) is -0.815.